The Balaban J connectivity index is 1.65. The lowest BCUT2D eigenvalue weighted by Crippen LogP contribution is -2.50. The maximum atomic E-state index is 13.2. The zero-order valence-corrected chi connectivity index (χ0v) is 19.1. The molecule has 0 saturated carbocycles. The van der Waals surface area contributed by atoms with Crippen molar-refractivity contribution in [2.24, 2.45) is 5.92 Å². The van der Waals surface area contributed by atoms with E-state index in [-0.39, 0.29) is 12.3 Å². The second-order valence-corrected chi connectivity index (χ2v) is 8.29. The summed E-state index contributed by atoms with van der Waals surface area (Å²) in [6, 6.07) is 15.6. The highest BCUT2D eigenvalue weighted by Crippen LogP contribution is 2.26. The van der Waals surface area contributed by atoms with Crippen molar-refractivity contribution < 1.29 is 29.4 Å². The third kappa shape index (κ3) is 6.33. The van der Waals surface area contributed by atoms with Gasteiger partial charge in [-0.2, -0.15) is 0 Å². The average molecular weight is 470 g/mol. The lowest BCUT2D eigenvalue weighted by atomic mass is 9.93. The van der Waals surface area contributed by atoms with Crippen LogP contribution in [0.4, 0.5) is 5.69 Å². The number of hydrogen-bond donors (Lipinski definition) is 4. The van der Waals surface area contributed by atoms with Gasteiger partial charge in [0.1, 0.15) is 23.6 Å². The molecule has 34 heavy (non-hydrogen) atoms. The van der Waals surface area contributed by atoms with Crippen LogP contribution in [0.1, 0.15) is 39.0 Å². The second kappa shape index (κ2) is 12.2. The Morgan fingerprint density at radius 1 is 1.09 bits per heavy atom. The number of hydrogen-bond acceptors (Lipinski definition) is 6. The van der Waals surface area contributed by atoms with Crippen LogP contribution in [0.5, 0.6) is 11.5 Å². The van der Waals surface area contributed by atoms with Crippen LogP contribution in [0.3, 0.4) is 0 Å². The summed E-state index contributed by atoms with van der Waals surface area (Å²) in [5.41, 5.74) is 1.97. The number of likely N-dealkylation sites (tertiary alicyclic amines) is 1. The quantitative estimate of drug-likeness (QED) is 0.313. The van der Waals surface area contributed by atoms with Crippen LogP contribution in [-0.2, 0) is 14.4 Å². The van der Waals surface area contributed by atoms with E-state index in [9.17, 15) is 19.5 Å². The molecule has 1 heterocycles. The smallest absolute Gasteiger partial charge is 0.272 e. The monoisotopic (exact) mass is 469 g/mol. The van der Waals surface area contributed by atoms with E-state index in [4.69, 9.17) is 9.94 Å². The van der Waals surface area contributed by atoms with Gasteiger partial charge in [0.15, 0.2) is 0 Å². The van der Waals surface area contributed by atoms with Crippen LogP contribution < -0.4 is 15.5 Å². The Hall–Kier alpha value is -3.43. The lowest BCUT2D eigenvalue weighted by Gasteiger charge is -2.30. The molecule has 1 aliphatic heterocycles. The summed E-state index contributed by atoms with van der Waals surface area (Å²) in [4.78, 5) is 39.4. The number of hydroxylamine groups is 1. The van der Waals surface area contributed by atoms with Gasteiger partial charge in [0.05, 0.1) is 5.92 Å². The molecule has 0 spiro atoms. The Morgan fingerprint density at radius 2 is 1.76 bits per heavy atom. The summed E-state index contributed by atoms with van der Waals surface area (Å²) in [6.45, 7) is 2.29. The molecule has 2 aromatic carbocycles. The SMILES string of the molecule is CCCCC(C(=O)N1CCC[C@H]1C(=O)Nc1ccc(Oc2ccccc2)cc1)C(O)C(=O)NO. The van der Waals surface area contributed by atoms with Crippen molar-refractivity contribution >= 4 is 23.4 Å². The number of aliphatic hydroxyl groups excluding tert-OH is 1. The molecule has 182 valence electrons. The topological polar surface area (TPSA) is 128 Å². The first-order valence-corrected chi connectivity index (χ1v) is 11.5. The Kier molecular flexibility index (Phi) is 9.00. The number of nitrogens with zero attached hydrogens (tertiary/aromatic N) is 1. The molecular formula is C25H31N3O6. The van der Waals surface area contributed by atoms with Gasteiger partial charge in [-0.3, -0.25) is 19.6 Å². The van der Waals surface area contributed by atoms with E-state index in [1.807, 2.05) is 37.3 Å². The number of amides is 3. The highest BCUT2D eigenvalue weighted by Gasteiger charge is 2.41. The van der Waals surface area contributed by atoms with Gasteiger partial charge in [-0.15, -0.1) is 0 Å². The summed E-state index contributed by atoms with van der Waals surface area (Å²) >= 11 is 0. The molecule has 0 aliphatic carbocycles. The number of para-hydroxylation sites is 1. The van der Waals surface area contributed by atoms with Crippen LogP contribution in [-0.4, -0.2) is 51.6 Å². The molecule has 0 bridgehead atoms. The molecule has 9 nitrogen and oxygen atoms in total. The highest BCUT2D eigenvalue weighted by molar-refractivity contribution is 5.98. The summed E-state index contributed by atoms with van der Waals surface area (Å²) in [6.07, 6.45) is 1.09. The fraction of sp³-hybridized carbons (Fsp3) is 0.400. The van der Waals surface area contributed by atoms with E-state index in [0.29, 0.717) is 43.0 Å². The van der Waals surface area contributed by atoms with Gasteiger partial charge < -0.3 is 20.1 Å². The molecule has 1 saturated heterocycles. The number of rotatable bonds is 10. The zero-order valence-electron chi connectivity index (χ0n) is 19.1. The zero-order chi connectivity index (χ0) is 24.5. The van der Waals surface area contributed by atoms with Gasteiger partial charge in [0.2, 0.25) is 11.8 Å². The van der Waals surface area contributed by atoms with Gasteiger partial charge >= 0.3 is 0 Å². The van der Waals surface area contributed by atoms with Crippen molar-refractivity contribution in [2.45, 2.75) is 51.2 Å². The van der Waals surface area contributed by atoms with E-state index < -0.39 is 29.9 Å². The van der Waals surface area contributed by atoms with E-state index in [1.165, 1.54) is 10.4 Å². The first-order chi connectivity index (χ1) is 16.4. The number of carbonyl (C=O) groups is 3. The van der Waals surface area contributed by atoms with Crippen LogP contribution in [0, 0.1) is 5.92 Å². The minimum Gasteiger partial charge on any atom is -0.457 e. The summed E-state index contributed by atoms with van der Waals surface area (Å²) in [5.74, 6) is -1.54. The molecule has 1 aliphatic rings. The first-order valence-electron chi connectivity index (χ1n) is 11.5. The van der Waals surface area contributed by atoms with Crippen LogP contribution in [0.25, 0.3) is 0 Å². The number of ether oxygens (including phenoxy) is 1. The van der Waals surface area contributed by atoms with Gasteiger partial charge in [0, 0.05) is 12.2 Å². The van der Waals surface area contributed by atoms with E-state index >= 15 is 0 Å². The Bertz CT molecular complexity index is 966. The minimum absolute atomic E-state index is 0.275. The predicted molar refractivity (Wildman–Crippen MR) is 125 cm³/mol. The van der Waals surface area contributed by atoms with E-state index in [2.05, 4.69) is 5.32 Å². The molecule has 2 aromatic rings. The number of unbranched alkanes of at least 4 members (excludes halogenated alkanes) is 1. The maximum absolute atomic E-state index is 13.2. The van der Waals surface area contributed by atoms with E-state index in [0.717, 1.165) is 6.42 Å². The number of aliphatic hydroxyl groups is 1. The van der Waals surface area contributed by atoms with Crippen LogP contribution >= 0.6 is 0 Å². The maximum Gasteiger partial charge on any atom is 0.272 e. The summed E-state index contributed by atoms with van der Waals surface area (Å²) < 4.78 is 5.76. The van der Waals surface area contributed by atoms with Crippen molar-refractivity contribution in [1.29, 1.82) is 0 Å². The van der Waals surface area contributed by atoms with Crippen molar-refractivity contribution in [3.8, 4) is 11.5 Å². The molecule has 9 heteroatoms. The first kappa shape index (κ1) is 25.2. The molecule has 0 radical (unpaired) electrons. The molecule has 4 N–H and O–H groups in total. The molecular weight excluding hydrogens is 438 g/mol. The molecule has 1 fully saturated rings. The Labute approximate surface area is 198 Å². The molecule has 3 atom stereocenters. The summed E-state index contributed by atoms with van der Waals surface area (Å²) in [7, 11) is 0. The highest BCUT2D eigenvalue weighted by atomic mass is 16.5. The molecule has 2 unspecified atom stereocenters. The standard InChI is InChI=1S/C25H31N3O6/c1-2-3-10-20(22(29)24(31)27-33)25(32)28-16-7-11-21(28)23(30)26-17-12-14-19(15-13-17)34-18-8-5-4-6-9-18/h4-6,8-9,12-15,20-22,29,33H,2-3,7,10-11,16H2,1H3,(H,26,30)(H,27,31)/t20?,21-,22?/m0/s1. The minimum atomic E-state index is -1.69. The number of anilines is 1. The fourth-order valence-electron chi connectivity index (χ4n) is 4.06. The van der Waals surface area contributed by atoms with Crippen LogP contribution in [0.15, 0.2) is 54.6 Å². The van der Waals surface area contributed by atoms with Crippen LogP contribution in [0.2, 0.25) is 0 Å². The lowest BCUT2D eigenvalue weighted by molar-refractivity contribution is -0.152. The van der Waals surface area contributed by atoms with Crippen molar-refractivity contribution in [3.63, 3.8) is 0 Å². The average Bonchev–Trinajstić information content (AvgIpc) is 3.35. The van der Waals surface area contributed by atoms with E-state index in [1.54, 1.807) is 24.3 Å². The fourth-order valence-corrected chi connectivity index (χ4v) is 4.06. The predicted octanol–water partition coefficient (Wildman–Crippen LogP) is 3.08. The van der Waals surface area contributed by atoms with Gasteiger partial charge in [-0.25, -0.2) is 5.48 Å². The Morgan fingerprint density at radius 3 is 2.41 bits per heavy atom. The number of carbonyl (C=O) groups excluding carboxylic acids is 3. The van der Waals surface area contributed by atoms with Gasteiger partial charge in [-0.05, 0) is 55.7 Å². The number of benzene rings is 2. The van der Waals surface area contributed by atoms with Gasteiger partial charge in [-0.1, -0.05) is 38.0 Å². The van der Waals surface area contributed by atoms with Crippen molar-refractivity contribution in [2.75, 3.05) is 11.9 Å². The third-order valence-corrected chi connectivity index (χ3v) is 5.89. The largest absolute Gasteiger partial charge is 0.457 e. The van der Waals surface area contributed by atoms with Gasteiger partial charge in [0.25, 0.3) is 5.91 Å². The second-order valence-electron chi connectivity index (χ2n) is 8.29. The van der Waals surface area contributed by atoms with Crippen molar-refractivity contribution in [3.05, 3.63) is 54.6 Å². The summed E-state index contributed by atoms with van der Waals surface area (Å²) in [5, 5.41) is 22.0. The molecule has 0 aromatic heterocycles. The molecule has 3 amide bonds. The molecule has 3 rings (SSSR count). The van der Waals surface area contributed by atoms with Crippen molar-refractivity contribution in [1.82, 2.24) is 10.4 Å². The normalized spacial score (nSPS) is 17.0. The number of nitrogens with one attached hydrogen (secondary N) is 2. The third-order valence-electron chi connectivity index (χ3n) is 5.89.